The Bertz CT molecular complexity index is 658. The number of aryl methyl sites for hydroxylation is 1. The minimum absolute atomic E-state index is 0.0735. The fourth-order valence-electron chi connectivity index (χ4n) is 4.21. The molecular formula is C19H26N2O3S. The van der Waals surface area contributed by atoms with Gasteiger partial charge in [0.1, 0.15) is 5.00 Å². The monoisotopic (exact) mass is 362 g/mol. The number of rotatable bonds is 3. The van der Waals surface area contributed by atoms with E-state index in [1.807, 2.05) is 4.90 Å². The van der Waals surface area contributed by atoms with Gasteiger partial charge in [-0.1, -0.05) is 12.8 Å². The van der Waals surface area contributed by atoms with Gasteiger partial charge >= 0.3 is 0 Å². The van der Waals surface area contributed by atoms with E-state index in [0.29, 0.717) is 26.3 Å². The zero-order chi connectivity index (χ0) is 17.2. The Labute approximate surface area is 152 Å². The largest absolute Gasteiger partial charge is 0.378 e. The van der Waals surface area contributed by atoms with Gasteiger partial charge in [0.15, 0.2) is 0 Å². The van der Waals surface area contributed by atoms with E-state index in [-0.39, 0.29) is 17.7 Å². The topological polar surface area (TPSA) is 58.6 Å². The molecule has 1 N–H and O–H groups in total. The van der Waals surface area contributed by atoms with Crippen LogP contribution in [0, 0.1) is 5.92 Å². The highest BCUT2D eigenvalue weighted by molar-refractivity contribution is 7.17. The van der Waals surface area contributed by atoms with Gasteiger partial charge in [-0.2, -0.15) is 0 Å². The van der Waals surface area contributed by atoms with Crippen LogP contribution in [0.25, 0.3) is 0 Å². The molecule has 2 heterocycles. The Morgan fingerprint density at radius 2 is 1.76 bits per heavy atom. The standard InChI is InChI=1S/C19H26N2O3S/c22-17(13-5-1-2-6-13)20-18-16(14-7-3-4-8-15(14)25-18)19(23)21-9-11-24-12-10-21/h13H,1-12H2,(H,20,22). The molecule has 6 heteroatoms. The molecule has 1 saturated heterocycles. The SMILES string of the molecule is O=C(Nc1sc2c(c1C(=O)N1CCOCC1)CCCC2)C1CCCC1. The highest BCUT2D eigenvalue weighted by Crippen LogP contribution is 2.39. The predicted molar refractivity (Wildman–Crippen MR) is 98.3 cm³/mol. The van der Waals surface area contributed by atoms with Crippen molar-refractivity contribution in [2.24, 2.45) is 5.92 Å². The van der Waals surface area contributed by atoms with Crippen molar-refractivity contribution < 1.29 is 14.3 Å². The molecule has 1 aromatic heterocycles. The maximum Gasteiger partial charge on any atom is 0.257 e. The van der Waals surface area contributed by atoms with Gasteiger partial charge in [0.2, 0.25) is 5.91 Å². The molecule has 1 aliphatic heterocycles. The summed E-state index contributed by atoms with van der Waals surface area (Å²) in [6.45, 7) is 2.47. The van der Waals surface area contributed by atoms with E-state index in [9.17, 15) is 9.59 Å². The molecule has 0 unspecified atom stereocenters. The van der Waals surface area contributed by atoms with Gasteiger partial charge in [-0.3, -0.25) is 9.59 Å². The van der Waals surface area contributed by atoms with Crippen LogP contribution in [0.4, 0.5) is 5.00 Å². The van der Waals surface area contributed by atoms with E-state index in [2.05, 4.69) is 5.32 Å². The molecule has 0 atom stereocenters. The summed E-state index contributed by atoms with van der Waals surface area (Å²) in [5.74, 6) is 0.294. The first-order valence-corrected chi connectivity index (χ1v) is 10.4. The summed E-state index contributed by atoms with van der Waals surface area (Å²) in [6, 6.07) is 0. The van der Waals surface area contributed by atoms with Crippen molar-refractivity contribution in [3.63, 3.8) is 0 Å². The van der Waals surface area contributed by atoms with Crippen LogP contribution in [0.3, 0.4) is 0 Å². The first kappa shape index (κ1) is 17.0. The molecule has 0 bridgehead atoms. The van der Waals surface area contributed by atoms with Crippen LogP contribution < -0.4 is 5.32 Å². The van der Waals surface area contributed by atoms with Gasteiger partial charge in [-0.05, 0) is 44.1 Å². The summed E-state index contributed by atoms with van der Waals surface area (Å²) >= 11 is 1.63. The number of thiophene rings is 1. The van der Waals surface area contributed by atoms with E-state index in [1.165, 1.54) is 16.9 Å². The lowest BCUT2D eigenvalue weighted by Crippen LogP contribution is -2.41. The van der Waals surface area contributed by atoms with Crippen molar-refractivity contribution in [3.05, 3.63) is 16.0 Å². The number of anilines is 1. The van der Waals surface area contributed by atoms with Crippen LogP contribution in [0.1, 0.15) is 59.3 Å². The minimum atomic E-state index is 0.0735. The number of amides is 2. The zero-order valence-corrected chi connectivity index (χ0v) is 15.5. The number of ether oxygens (including phenoxy) is 1. The highest BCUT2D eigenvalue weighted by atomic mass is 32.1. The fraction of sp³-hybridized carbons (Fsp3) is 0.684. The van der Waals surface area contributed by atoms with Gasteiger partial charge in [-0.15, -0.1) is 11.3 Å². The zero-order valence-electron chi connectivity index (χ0n) is 14.6. The number of carbonyl (C=O) groups is 2. The molecule has 0 spiro atoms. The molecule has 25 heavy (non-hydrogen) atoms. The molecule has 2 amide bonds. The summed E-state index contributed by atoms with van der Waals surface area (Å²) < 4.78 is 5.38. The lowest BCUT2D eigenvalue weighted by Gasteiger charge is -2.28. The maximum atomic E-state index is 13.2. The molecular weight excluding hydrogens is 336 g/mol. The molecule has 2 fully saturated rings. The Kier molecular flexibility index (Phi) is 5.08. The first-order chi connectivity index (χ1) is 12.2. The molecule has 1 saturated carbocycles. The fourth-order valence-corrected chi connectivity index (χ4v) is 5.49. The Balaban J connectivity index is 1.62. The molecule has 0 aromatic carbocycles. The molecule has 0 radical (unpaired) electrons. The minimum Gasteiger partial charge on any atom is -0.378 e. The molecule has 3 aliphatic rings. The summed E-state index contributed by atoms with van der Waals surface area (Å²) in [4.78, 5) is 29.0. The van der Waals surface area contributed by atoms with Crippen LogP contribution in [0.15, 0.2) is 0 Å². The molecule has 1 aromatic rings. The molecule has 136 valence electrons. The average Bonchev–Trinajstić information content (AvgIpc) is 3.29. The first-order valence-electron chi connectivity index (χ1n) is 9.56. The third-order valence-electron chi connectivity index (χ3n) is 5.65. The van der Waals surface area contributed by atoms with Crippen LogP contribution in [-0.2, 0) is 22.4 Å². The van der Waals surface area contributed by atoms with Gasteiger partial charge < -0.3 is 15.0 Å². The number of carbonyl (C=O) groups excluding carboxylic acids is 2. The van der Waals surface area contributed by atoms with Crippen molar-refractivity contribution >= 4 is 28.2 Å². The van der Waals surface area contributed by atoms with Crippen molar-refractivity contribution in [3.8, 4) is 0 Å². The molecule has 4 rings (SSSR count). The van der Waals surface area contributed by atoms with E-state index < -0.39 is 0 Å². The molecule has 2 aliphatic carbocycles. The maximum absolute atomic E-state index is 13.2. The summed E-state index contributed by atoms with van der Waals surface area (Å²) in [5.41, 5.74) is 1.96. The van der Waals surface area contributed by atoms with Crippen LogP contribution in [0.5, 0.6) is 0 Å². The van der Waals surface area contributed by atoms with Crippen molar-refractivity contribution in [1.82, 2.24) is 4.90 Å². The second-order valence-electron chi connectivity index (χ2n) is 7.29. The second kappa shape index (κ2) is 7.46. The lowest BCUT2D eigenvalue weighted by molar-refractivity contribution is -0.119. The second-order valence-corrected chi connectivity index (χ2v) is 8.40. The number of hydrogen-bond acceptors (Lipinski definition) is 4. The van der Waals surface area contributed by atoms with Crippen LogP contribution >= 0.6 is 11.3 Å². The predicted octanol–water partition coefficient (Wildman–Crippen LogP) is 3.23. The average molecular weight is 362 g/mol. The van der Waals surface area contributed by atoms with Crippen molar-refractivity contribution in [2.45, 2.75) is 51.4 Å². The molecule has 5 nitrogen and oxygen atoms in total. The van der Waals surface area contributed by atoms with Gasteiger partial charge in [0, 0.05) is 23.9 Å². The summed E-state index contributed by atoms with van der Waals surface area (Å²) in [7, 11) is 0. The lowest BCUT2D eigenvalue weighted by atomic mass is 9.95. The van der Waals surface area contributed by atoms with Crippen LogP contribution in [0.2, 0.25) is 0 Å². The Hall–Kier alpha value is -1.40. The van der Waals surface area contributed by atoms with Gasteiger partial charge in [-0.25, -0.2) is 0 Å². The number of morpholine rings is 1. The smallest absolute Gasteiger partial charge is 0.257 e. The number of nitrogens with one attached hydrogen (secondary N) is 1. The quantitative estimate of drug-likeness (QED) is 0.898. The van der Waals surface area contributed by atoms with E-state index in [0.717, 1.165) is 55.5 Å². The van der Waals surface area contributed by atoms with Gasteiger partial charge in [0.25, 0.3) is 5.91 Å². The van der Waals surface area contributed by atoms with Crippen LogP contribution in [-0.4, -0.2) is 43.0 Å². The van der Waals surface area contributed by atoms with E-state index in [4.69, 9.17) is 4.74 Å². The third-order valence-corrected chi connectivity index (χ3v) is 6.85. The summed E-state index contributed by atoms with van der Waals surface area (Å²) in [5, 5.41) is 3.92. The van der Waals surface area contributed by atoms with E-state index >= 15 is 0 Å². The number of nitrogens with zero attached hydrogens (tertiary/aromatic N) is 1. The third kappa shape index (κ3) is 3.47. The van der Waals surface area contributed by atoms with Crippen molar-refractivity contribution in [2.75, 3.05) is 31.6 Å². The van der Waals surface area contributed by atoms with Gasteiger partial charge in [0.05, 0.1) is 18.8 Å². The van der Waals surface area contributed by atoms with E-state index in [1.54, 1.807) is 11.3 Å². The number of fused-ring (bicyclic) bond motifs is 1. The highest BCUT2D eigenvalue weighted by Gasteiger charge is 2.31. The number of hydrogen-bond donors (Lipinski definition) is 1. The van der Waals surface area contributed by atoms with Crippen molar-refractivity contribution in [1.29, 1.82) is 0 Å². The summed E-state index contributed by atoms with van der Waals surface area (Å²) in [6.07, 6.45) is 8.52. The Morgan fingerprint density at radius 1 is 1.04 bits per heavy atom. The Morgan fingerprint density at radius 3 is 2.52 bits per heavy atom. The normalized spacial score (nSPS) is 21.2.